The van der Waals surface area contributed by atoms with Crippen LogP contribution in [0.25, 0.3) is 0 Å². The van der Waals surface area contributed by atoms with Gasteiger partial charge in [0.2, 0.25) is 5.91 Å². The van der Waals surface area contributed by atoms with Gasteiger partial charge in [0, 0.05) is 31.1 Å². The predicted octanol–water partition coefficient (Wildman–Crippen LogP) is 3.16. The molecular weight excluding hydrogens is 318 g/mol. The molecule has 0 unspecified atom stereocenters. The number of benzene rings is 1. The Morgan fingerprint density at radius 2 is 2.00 bits per heavy atom. The third-order valence-electron chi connectivity index (χ3n) is 4.33. The molecule has 1 aromatic heterocycles. The van der Waals surface area contributed by atoms with Crippen molar-refractivity contribution in [3.63, 3.8) is 0 Å². The number of anilines is 1. The van der Waals surface area contributed by atoms with Crippen molar-refractivity contribution in [1.29, 1.82) is 0 Å². The lowest BCUT2D eigenvalue weighted by Gasteiger charge is -2.22. The first-order chi connectivity index (χ1) is 12.1. The maximum absolute atomic E-state index is 12.1. The van der Waals surface area contributed by atoms with E-state index in [0.717, 1.165) is 48.3 Å². The molecular formula is C19H23N3O3. The number of fused-ring (bicyclic) bond motifs is 1. The molecule has 1 aliphatic rings. The van der Waals surface area contributed by atoms with E-state index in [0.29, 0.717) is 6.54 Å². The van der Waals surface area contributed by atoms with Crippen molar-refractivity contribution in [2.24, 2.45) is 0 Å². The molecule has 0 saturated heterocycles. The normalized spacial score (nSPS) is 16.0. The number of aryl methyl sites for hydroxylation is 1. The molecule has 0 bridgehead atoms. The minimum Gasteiger partial charge on any atom is -0.469 e. The molecule has 1 heterocycles. The minimum absolute atomic E-state index is 0.0273. The summed E-state index contributed by atoms with van der Waals surface area (Å²) < 4.78 is 5.44. The van der Waals surface area contributed by atoms with Gasteiger partial charge in [-0.3, -0.25) is 4.79 Å². The molecule has 0 radical (unpaired) electrons. The largest absolute Gasteiger partial charge is 0.469 e. The molecule has 1 aliphatic carbocycles. The van der Waals surface area contributed by atoms with Crippen molar-refractivity contribution in [3.8, 4) is 0 Å². The van der Waals surface area contributed by atoms with Crippen LogP contribution in [0.15, 0.2) is 41.0 Å². The van der Waals surface area contributed by atoms with Crippen LogP contribution >= 0.6 is 0 Å². The first-order valence-corrected chi connectivity index (χ1v) is 8.59. The van der Waals surface area contributed by atoms with E-state index in [2.05, 4.69) is 16.0 Å². The van der Waals surface area contributed by atoms with Gasteiger partial charge >= 0.3 is 6.03 Å². The Kier molecular flexibility index (Phi) is 5.38. The second-order valence-corrected chi connectivity index (χ2v) is 6.27. The van der Waals surface area contributed by atoms with Crippen LogP contribution in [-0.2, 0) is 17.6 Å². The van der Waals surface area contributed by atoms with E-state index in [1.54, 1.807) is 6.26 Å². The van der Waals surface area contributed by atoms with Crippen molar-refractivity contribution in [3.05, 3.63) is 53.5 Å². The molecule has 3 N–H and O–H groups in total. The van der Waals surface area contributed by atoms with E-state index < -0.39 is 0 Å². The van der Waals surface area contributed by atoms with Crippen LogP contribution in [0.2, 0.25) is 0 Å². The van der Waals surface area contributed by atoms with Crippen LogP contribution in [0.5, 0.6) is 0 Å². The van der Waals surface area contributed by atoms with Gasteiger partial charge in [-0.15, -0.1) is 0 Å². The SMILES string of the molecule is CC(=O)Nc1ccc(CCNC(=O)N[C@H]2CCCc3occc32)cc1. The number of rotatable bonds is 5. The zero-order valence-corrected chi connectivity index (χ0v) is 14.3. The van der Waals surface area contributed by atoms with Crippen molar-refractivity contribution >= 4 is 17.6 Å². The molecule has 0 fully saturated rings. The molecule has 6 nitrogen and oxygen atoms in total. The Morgan fingerprint density at radius 3 is 2.76 bits per heavy atom. The lowest BCUT2D eigenvalue weighted by Crippen LogP contribution is -2.39. The van der Waals surface area contributed by atoms with Gasteiger partial charge in [0.05, 0.1) is 12.3 Å². The number of nitrogens with one attached hydrogen (secondary N) is 3. The Morgan fingerprint density at radius 1 is 1.20 bits per heavy atom. The van der Waals surface area contributed by atoms with Crippen molar-refractivity contribution in [2.45, 2.75) is 38.6 Å². The van der Waals surface area contributed by atoms with Gasteiger partial charge in [0.1, 0.15) is 5.76 Å². The molecule has 3 rings (SSSR count). The summed E-state index contributed by atoms with van der Waals surface area (Å²) in [5.74, 6) is 0.894. The Balaban J connectivity index is 1.43. The molecule has 0 spiro atoms. The number of hydrogen-bond donors (Lipinski definition) is 3. The summed E-state index contributed by atoms with van der Waals surface area (Å²) in [5, 5.41) is 8.65. The van der Waals surface area contributed by atoms with Crippen LogP contribution < -0.4 is 16.0 Å². The fourth-order valence-corrected chi connectivity index (χ4v) is 3.12. The van der Waals surface area contributed by atoms with Crippen molar-refractivity contribution in [2.75, 3.05) is 11.9 Å². The summed E-state index contributed by atoms with van der Waals surface area (Å²) in [6.45, 7) is 2.03. The van der Waals surface area contributed by atoms with Crippen molar-refractivity contribution in [1.82, 2.24) is 10.6 Å². The van der Waals surface area contributed by atoms with E-state index in [4.69, 9.17) is 4.42 Å². The number of hydrogen-bond acceptors (Lipinski definition) is 3. The standard InChI is InChI=1S/C19H23N3O3/c1-13(23)21-15-7-5-14(6-8-15)9-11-20-19(24)22-17-3-2-4-18-16(17)10-12-25-18/h5-8,10,12,17H,2-4,9,11H2,1H3,(H,21,23)(H2,20,22,24)/t17-/m0/s1. The average Bonchev–Trinajstić information content (AvgIpc) is 3.06. The Labute approximate surface area is 147 Å². The molecule has 3 amide bonds. The third-order valence-corrected chi connectivity index (χ3v) is 4.33. The van der Waals surface area contributed by atoms with Crippen molar-refractivity contribution < 1.29 is 14.0 Å². The fraction of sp³-hybridized carbons (Fsp3) is 0.368. The number of carbonyl (C=O) groups excluding carboxylic acids is 2. The van der Waals surface area contributed by atoms with Gasteiger partial charge in [-0.1, -0.05) is 12.1 Å². The molecule has 25 heavy (non-hydrogen) atoms. The highest BCUT2D eigenvalue weighted by atomic mass is 16.3. The number of carbonyl (C=O) groups is 2. The van der Waals surface area contributed by atoms with Gasteiger partial charge in [-0.25, -0.2) is 4.79 Å². The van der Waals surface area contributed by atoms with E-state index in [1.165, 1.54) is 6.92 Å². The highest BCUT2D eigenvalue weighted by Gasteiger charge is 2.23. The summed E-state index contributed by atoms with van der Waals surface area (Å²) in [6, 6.07) is 9.43. The third kappa shape index (κ3) is 4.62. The van der Waals surface area contributed by atoms with Gasteiger partial charge in [0.15, 0.2) is 0 Å². The first-order valence-electron chi connectivity index (χ1n) is 8.59. The molecule has 2 aromatic rings. The summed E-state index contributed by atoms with van der Waals surface area (Å²) in [5.41, 5.74) is 2.97. The monoisotopic (exact) mass is 341 g/mol. The van der Waals surface area contributed by atoms with Crippen LogP contribution in [-0.4, -0.2) is 18.5 Å². The molecule has 1 aromatic carbocycles. The first kappa shape index (κ1) is 17.1. The van der Waals surface area contributed by atoms with E-state index in [-0.39, 0.29) is 18.0 Å². The predicted molar refractivity (Wildman–Crippen MR) is 95.4 cm³/mol. The average molecular weight is 341 g/mol. The smallest absolute Gasteiger partial charge is 0.315 e. The van der Waals surface area contributed by atoms with Gasteiger partial charge in [-0.05, 0) is 43.0 Å². The summed E-state index contributed by atoms with van der Waals surface area (Å²) in [4.78, 5) is 23.1. The van der Waals surface area contributed by atoms with Crippen LogP contribution in [0, 0.1) is 0 Å². The Hall–Kier alpha value is -2.76. The van der Waals surface area contributed by atoms with Gasteiger partial charge in [0.25, 0.3) is 0 Å². The number of urea groups is 1. The lowest BCUT2D eigenvalue weighted by molar-refractivity contribution is -0.114. The number of furan rings is 1. The van der Waals surface area contributed by atoms with E-state index in [9.17, 15) is 9.59 Å². The second-order valence-electron chi connectivity index (χ2n) is 6.27. The van der Waals surface area contributed by atoms with Crippen LogP contribution in [0.3, 0.4) is 0 Å². The number of amides is 3. The molecule has 132 valence electrons. The molecule has 6 heteroatoms. The van der Waals surface area contributed by atoms with Gasteiger partial charge in [-0.2, -0.15) is 0 Å². The summed E-state index contributed by atoms with van der Waals surface area (Å²) in [7, 11) is 0. The maximum Gasteiger partial charge on any atom is 0.315 e. The molecule has 1 atom stereocenters. The zero-order chi connectivity index (χ0) is 17.6. The second kappa shape index (κ2) is 7.88. The zero-order valence-electron chi connectivity index (χ0n) is 14.3. The summed E-state index contributed by atoms with van der Waals surface area (Å²) in [6.07, 6.45) is 5.32. The molecule has 0 aliphatic heterocycles. The highest BCUT2D eigenvalue weighted by molar-refractivity contribution is 5.88. The van der Waals surface area contributed by atoms with E-state index in [1.807, 2.05) is 30.3 Å². The Bertz CT molecular complexity index is 737. The maximum atomic E-state index is 12.1. The van der Waals surface area contributed by atoms with E-state index >= 15 is 0 Å². The quantitative estimate of drug-likeness (QED) is 0.781. The van der Waals surface area contributed by atoms with Crippen LogP contribution in [0.1, 0.15) is 42.7 Å². The topological polar surface area (TPSA) is 83.4 Å². The lowest BCUT2D eigenvalue weighted by atomic mass is 9.93. The summed E-state index contributed by atoms with van der Waals surface area (Å²) >= 11 is 0. The van der Waals surface area contributed by atoms with Gasteiger partial charge < -0.3 is 20.4 Å². The minimum atomic E-state index is -0.158. The fourth-order valence-electron chi connectivity index (χ4n) is 3.12. The van der Waals surface area contributed by atoms with Crippen LogP contribution in [0.4, 0.5) is 10.5 Å². The highest BCUT2D eigenvalue weighted by Crippen LogP contribution is 2.30. The molecule has 0 saturated carbocycles.